The van der Waals surface area contributed by atoms with Gasteiger partial charge in [-0.15, -0.1) is 0 Å². The maximum Gasteiger partial charge on any atom is 0.123 e. The predicted octanol–water partition coefficient (Wildman–Crippen LogP) is 3.37. The summed E-state index contributed by atoms with van der Waals surface area (Å²) in [4.78, 5) is 0. The van der Waals surface area contributed by atoms with Crippen LogP contribution >= 0.6 is 11.8 Å². The Kier molecular flexibility index (Phi) is 4.24. The Morgan fingerprint density at radius 2 is 1.88 bits per heavy atom. The molecule has 0 amide bonds. The van der Waals surface area contributed by atoms with Crippen LogP contribution in [0.1, 0.15) is 31.4 Å². The van der Waals surface area contributed by atoms with Gasteiger partial charge in [-0.1, -0.05) is 12.1 Å². The molecule has 1 heterocycles. The smallest absolute Gasteiger partial charge is 0.123 e. The molecule has 1 saturated heterocycles. The van der Waals surface area contributed by atoms with Gasteiger partial charge in [0.2, 0.25) is 0 Å². The van der Waals surface area contributed by atoms with Crippen LogP contribution in [0.5, 0.6) is 0 Å². The molecule has 1 fully saturated rings. The quantitative estimate of drug-likeness (QED) is 0.868. The Hall–Kier alpha value is -0.540. The van der Waals surface area contributed by atoms with Crippen molar-refractivity contribution in [2.24, 2.45) is 0 Å². The van der Waals surface area contributed by atoms with E-state index in [1.165, 1.54) is 42.0 Å². The second-order valence-electron chi connectivity index (χ2n) is 4.33. The molecule has 16 heavy (non-hydrogen) atoms. The molecule has 0 aliphatic carbocycles. The van der Waals surface area contributed by atoms with E-state index in [0.717, 1.165) is 0 Å². The van der Waals surface area contributed by atoms with Crippen LogP contribution in [0, 0.1) is 5.82 Å². The third kappa shape index (κ3) is 3.22. The summed E-state index contributed by atoms with van der Waals surface area (Å²) < 4.78 is 12.8. The van der Waals surface area contributed by atoms with Gasteiger partial charge in [-0.2, -0.15) is 11.8 Å². The van der Waals surface area contributed by atoms with Crippen molar-refractivity contribution in [3.05, 3.63) is 35.6 Å². The first-order chi connectivity index (χ1) is 7.75. The summed E-state index contributed by atoms with van der Waals surface area (Å²) >= 11 is 2.03. The molecule has 3 heteroatoms. The minimum Gasteiger partial charge on any atom is -0.307 e. The second-order valence-corrected chi connectivity index (χ2v) is 5.55. The minimum absolute atomic E-state index is 0.162. The van der Waals surface area contributed by atoms with Crippen molar-refractivity contribution in [3.8, 4) is 0 Å². The van der Waals surface area contributed by atoms with Crippen molar-refractivity contribution in [2.75, 3.05) is 11.5 Å². The zero-order valence-corrected chi connectivity index (χ0v) is 10.4. The van der Waals surface area contributed by atoms with Crippen LogP contribution in [-0.2, 0) is 0 Å². The van der Waals surface area contributed by atoms with Crippen molar-refractivity contribution >= 4 is 11.8 Å². The van der Waals surface area contributed by atoms with E-state index in [0.29, 0.717) is 12.1 Å². The molecule has 1 N–H and O–H groups in total. The van der Waals surface area contributed by atoms with Crippen molar-refractivity contribution < 1.29 is 4.39 Å². The number of rotatable bonds is 3. The fourth-order valence-electron chi connectivity index (χ4n) is 2.07. The van der Waals surface area contributed by atoms with Crippen molar-refractivity contribution in [3.63, 3.8) is 0 Å². The van der Waals surface area contributed by atoms with Gasteiger partial charge >= 0.3 is 0 Å². The van der Waals surface area contributed by atoms with Gasteiger partial charge < -0.3 is 5.32 Å². The highest BCUT2D eigenvalue weighted by atomic mass is 32.2. The van der Waals surface area contributed by atoms with Crippen LogP contribution < -0.4 is 5.32 Å². The second kappa shape index (κ2) is 5.69. The largest absolute Gasteiger partial charge is 0.307 e. The molecule has 0 radical (unpaired) electrons. The SMILES string of the molecule is C[C@H](NC1CCSCC1)c1ccc(F)cc1. The first kappa shape index (κ1) is 11.9. The van der Waals surface area contributed by atoms with E-state index >= 15 is 0 Å². The monoisotopic (exact) mass is 239 g/mol. The molecular formula is C13H18FNS. The van der Waals surface area contributed by atoms with E-state index in [9.17, 15) is 4.39 Å². The van der Waals surface area contributed by atoms with E-state index < -0.39 is 0 Å². The van der Waals surface area contributed by atoms with Crippen LogP contribution in [0.25, 0.3) is 0 Å². The van der Waals surface area contributed by atoms with Gasteiger partial charge in [0.25, 0.3) is 0 Å². The average Bonchev–Trinajstić information content (AvgIpc) is 2.31. The van der Waals surface area contributed by atoms with Crippen LogP contribution in [-0.4, -0.2) is 17.5 Å². The molecule has 1 aliphatic rings. The van der Waals surface area contributed by atoms with E-state index in [1.807, 2.05) is 23.9 Å². The lowest BCUT2D eigenvalue weighted by atomic mass is 10.1. The molecule has 0 unspecified atom stereocenters. The number of nitrogens with one attached hydrogen (secondary N) is 1. The summed E-state index contributed by atoms with van der Waals surface area (Å²) in [5.41, 5.74) is 1.17. The Balaban J connectivity index is 1.91. The molecule has 0 aromatic heterocycles. The summed E-state index contributed by atoms with van der Waals surface area (Å²) in [6.45, 7) is 2.15. The van der Waals surface area contributed by atoms with Gasteiger partial charge in [0.15, 0.2) is 0 Å². The van der Waals surface area contributed by atoms with Crippen molar-refractivity contribution in [1.82, 2.24) is 5.32 Å². The zero-order chi connectivity index (χ0) is 11.4. The Labute approximate surface area is 101 Å². The predicted molar refractivity (Wildman–Crippen MR) is 68.3 cm³/mol. The lowest BCUT2D eigenvalue weighted by Crippen LogP contribution is -2.34. The number of benzene rings is 1. The number of thioether (sulfide) groups is 1. The van der Waals surface area contributed by atoms with Gasteiger partial charge in [0.05, 0.1) is 0 Å². The van der Waals surface area contributed by atoms with Crippen LogP contribution in [0.15, 0.2) is 24.3 Å². The van der Waals surface area contributed by atoms with Gasteiger partial charge in [-0.05, 0) is 49.0 Å². The highest BCUT2D eigenvalue weighted by molar-refractivity contribution is 7.99. The summed E-state index contributed by atoms with van der Waals surface area (Å²) in [6, 6.07) is 7.74. The first-order valence-corrected chi connectivity index (χ1v) is 7.00. The molecule has 1 atom stereocenters. The van der Waals surface area contributed by atoms with Gasteiger partial charge in [-0.25, -0.2) is 4.39 Å². The maximum atomic E-state index is 12.8. The Morgan fingerprint density at radius 3 is 2.50 bits per heavy atom. The number of hydrogen-bond donors (Lipinski definition) is 1. The molecular weight excluding hydrogens is 221 g/mol. The minimum atomic E-state index is -0.162. The molecule has 1 nitrogen and oxygen atoms in total. The molecule has 2 rings (SSSR count). The molecule has 1 aromatic rings. The summed E-state index contributed by atoms with van der Waals surface area (Å²) in [6.07, 6.45) is 2.49. The molecule has 88 valence electrons. The van der Waals surface area contributed by atoms with Crippen molar-refractivity contribution in [1.29, 1.82) is 0 Å². The normalized spacial score (nSPS) is 19.6. The average molecular weight is 239 g/mol. The third-order valence-corrected chi connectivity index (χ3v) is 4.13. The van der Waals surface area contributed by atoms with Gasteiger partial charge in [0, 0.05) is 12.1 Å². The fourth-order valence-corrected chi connectivity index (χ4v) is 3.17. The molecule has 0 bridgehead atoms. The Bertz CT molecular complexity index is 319. The van der Waals surface area contributed by atoms with E-state index in [-0.39, 0.29) is 5.82 Å². The maximum absolute atomic E-state index is 12.8. The highest BCUT2D eigenvalue weighted by Gasteiger charge is 2.16. The summed E-state index contributed by atoms with van der Waals surface area (Å²) in [5.74, 6) is 2.35. The molecule has 0 saturated carbocycles. The third-order valence-electron chi connectivity index (χ3n) is 3.08. The fraction of sp³-hybridized carbons (Fsp3) is 0.538. The van der Waals surface area contributed by atoms with Crippen LogP contribution in [0.2, 0.25) is 0 Å². The van der Waals surface area contributed by atoms with E-state index in [2.05, 4.69) is 12.2 Å². The number of hydrogen-bond acceptors (Lipinski definition) is 2. The first-order valence-electron chi connectivity index (χ1n) is 5.85. The van der Waals surface area contributed by atoms with Crippen LogP contribution in [0.3, 0.4) is 0 Å². The molecule has 1 aromatic carbocycles. The highest BCUT2D eigenvalue weighted by Crippen LogP contribution is 2.20. The molecule has 1 aliphatic heterocycles. The molecule has 0 spiro atoms. The van der Waals surface area contributed by atoms with Gasteiger partial charge in [-0.3, -0.25) is 0 Å². The van der Waals surface area contributed by atoms with Crippen molar-refractivity contribution in [2.45, 2.75) is 31.8 Å². The van der Waals surface area contributed by atoms with E-state index in [4.69, 9.17) is 0 Å². The summed E-state index contributed by atoms with van der Waals surface area (Å²) in [7, 11) is 0. The lowest BCUT2D eigenvalue weighted by Gasteiger charge is -2.26. The standard InChI is InChI=1S/C13H18FNS/c1-10(11-2-4-12(14)5-3-11)15-13-6-8-16-9-7-13/h2-5,10,13,15H,6-9H2,1H3/t10-/m0/s1. The Morgan fingerprint density at radius 1 is 1.25 bits per heavy atom. The lowest BCUT2D eigenvalue weighted by molar-refractivity contribution is 0.431. The van der Waals surface area contributed by atoms with Crippen LogP contribution in [0.4, 0.5) is 4.39 Å². The van der Waals surface area contributed by atoms with E-state index in [1.54, 1.807) is 0 Å². The number of halogens is 1. The zero-order valence-electron chi connectivity index (χ0n) is 9.58. The summed E-state index contributed by atoms with van der Waals surface area (Å²) in [5, 5.41) is 3.62. The van der Waals surface area contributed by atoms with Gasteiger partial charge in [0.1, 0.15) is 5.82 Å². The topological polar surface area (TPSA) is 12.0 Å².